The fourth-order valence-corrected chi connectivity index (χ4v) is 6.53. The highest BCUT2D eigenvalue weighted by molar-refractivity contribution is 5.71. The molecule has 0 aliphatic carbocycles. The third-order valence-corrected chi connectivity index (χ3v) is 10.2. The van der Waals surface area contributed by atoms with Crippen LogP contribution in [0.25, 0.3) is 0 Å². The van der Waals surface area contributed by atoms with E-state index in [4.69, 9.17) is 14.2 Å². The minimum absolute atomic E-state index is 0.0936. The molecule has 0 aromatic rings. The van der Waals surface area contributed by atoms with Gasteiger partial charge in [-0.25, -0.2) is 0 Å². The molecule has 0 saturated heterocycles. The summed E-state index contributed by atoms with van der Waals surface area (Å²) < 4.78 is 16.7. The molecule has 0 heterocycles. The average molecular weight is 835 g/mol. The Balaban J connectivity index is 4.45. The molecule has 6 heteroatoms. The zero-order valence-corrected chi connectivity index (χ0v) is 38.9. The van der Waals surface area contributed by atoms with Crippen molar-refractivity contribution >= 4 is 17.9 Å². The van der Waals surface area contributed by atoms with Gasteiger partial charge in [-0.1, -0.05) is 196 Å². The Morgan fingerprint density at radius 3 is 1.20 bits per heavy atom. The average Bonchev–Trinajstić information content (AvgIpc) is 3.24. The van der Waals surface area contributed by atoms with Crippen molar-refractivity contribution in [1.29, 1.82) is 0 Å². The fourth-order valence-electron chi connectivity index (χ4n) is 6.53. The third-order valence-electron chi connectivity index (χ3n) is 10.2. The first kappa shape index (κ1) is 56.6. The number of carbonyl (C=O) groups excluding carboxylic acids is 3. The summed E-state index contributed by atoms with van der Waals surface area (Å²) in [7, 11) is 0. The van der Waals surface area contributed by atoms with Gasteiger partial charge < -0.3 is 14.2 Å². The largest absolute Gasteiger partial charge is 0.462 e. The Hall–Kier alpha value is -3.41. The Kier molecular flexibility index (Phi) is 45.5. The number of carbonyl (C=O) groups is 3. The van der Waals surface area contributed by atoms with Crippen LogP contribution < -0.4 is 0 Å². The van der Waals surface area contributed by atoms with Gasteiger partial charge in [0.1, 0.15) is 13.2 Å². The van der Waals surface area contributed by atoms with Crippen molar-refractivity contribution in [3.63, 3.8) is 0 Å². The summed E-state index contributed by atoms with van der Waals surface area (Å²) in [6.45, 7) is 6.32. The van der Waals surface area contributed by atoms with Crippen molar-refractivity contribution < 1.29 is 28.6 Å². The van der Waals surface area contributed by atoms with Crippen LogP contribution in [0, 0.1) is 0 Å². The van der Waals surface area contributed by atoms with E-state index in [1.54, 1.807) is 0 Å². The van der Waals surface area contributed by atoms with Crippen molar-refractivity contribution in [2.45, 2.75) is 226 Å². The smallest absolute Gasteiger partial charge is 0.306 e. The SMILES string of the molecule is CC/C=C/C=C/C=C/CCCCCCCC(=O)OCC(COC(=O)CCCCCCCC/C=C/C=C/CCCCC)OC(=O)CCCCCCCCC/C=C/C/C=C/CC. The van der Waals surface area contributed by atoms with Crippen LogP contribution in [-0.4, -0.2) is 37.2 Å². The van der Waals surface area contributed by atoms with Crippen molar-refractivity contribution in [3.8, 4) is 0 Å². The lowest BCUT2D eigenvalue weighted by molar-refractivity contribution is -0.167. The summed E-state index contributed by atoms with van der Waals surface area (Å²) in [5.74, 6) is -0.937. The Bertz CT molecular complexity index is 1190. The van der Waals surface area contributed by atoms with Gasteiger partial charge in [-0.3, -0.25) is 14.4 Å². The quantitative estimate of drug-likeness (QED) is 0.0200. The van der Waals surface area contributed by atoms with Gasteiger partial charge in [-0.2, -0.15) is 0 Å². The standard InChI is InChI=1S/C54H90O6/c1-4-7-10-13-16-19-22-25-27-30-32-35-38-41-44-47-53(56)59-50-51(49-58-52(55)46-43-40-37-34-31-28-24-21-18-15-12-9-6-3)60-54(57)48-45-42-39-36-33-29-26-23-20-17-14-11-8-5-2/h8-9,11-12,15-22,24-25,51H,4-7,10,13-14,23,26-50H2,1-3H3/b11-8+,12-9+,18-15+,19-16+,20-17+,24-21+,25-22+. The van der Waals surface area contributed by atoms with Crippen molar-refractivity contribution in [1.82, 2.24) is 0 Å². The maximum atomic E-state index is 12.8. The van der Waals surface area contributed by atoms with Crippen LogP contribution in [-0.2, 0) is 28.6 Å². The first-order chi connectivity index (χ1) is 29.5. The molecule has 1 unspecified atom stereocenters. The number of hydrogen-bond donors (Lipinski definition) is 0. The van der Waals surface area contributed by atoms with Crippen LogP contribution in [0.15, 0.2) is 85.1 Å². The van der Waals surface area contributed by atoms with E-state index in [0.29, 0.717) is 19.3 Å². The number of ether oxygens (including phenoxy) is 3. The molecule has 1 atom stereocenters. The molecule has 0 aromatic heterocycles. The molecule has 60 heavy (non-hydrogen) atoms. The molecule has 0 aromatic carbocycles. The molecule has 0 bridgehead atoms. The first-order valence-electron chi connectivity index (χ1n) is 24.6. The second-order valence-electron chi connectivity index (χ2n) is 16.0. The van der Waals surface area contributed by atoms with Crippen molar-refractivity contribution in [2.24, 2.45) is 0 Å². The van der Waals surface area contributed by atoms with Crippen LogP contribution in [0.4, 0.5) is 0 Å². The first-order valence-corrected chi connectivity index (χ1v) is 24.6. The fraction of sp³-hybridized carbons (Fsp3) is 0.685. The van der Waals surface area contributed by atoms with Crippen molar-refractivity contribution in [2.75, 3.05) is 13.2 Å². The molecule has 0 spiro atoms. The predicted molar refractivity (Wildman–Crippen MR) is 256 cm³/mol. The highest BCUT2D eigenvalue weighted by Crippen LogP contribution is 2.14. The summed E-state index contributed by atoms with van der Waals surface area (Å²) in [5, 5.41) is 0. The number of unbranched alkanes of at least 4 members (excludes halogenated alkanes) is 21. The van der Waals surface area contributed by atoms with Crippen LogP contribution in [0.2, 0.25) is 0 Å². The maximum absolute atomic E-state index is 12.8. The maximum Gasteiger partial charge on any atom is 0.306 e. The number of allylic oxidation sites excluding steroid dienone is 14. The van der Waals surface area contributed by atoms with E-state index in [-0.39, 0.29) is 31.1 Å². The van der Waals surface area contributed by atoms with Crippen LogP contribution in [0.3, 0.4) is 0 Å². The van der Waals surface area contributed by atoms with Gasteiger partial charge in [0.05, 0.1) is 0 Å². The van der Waals surface area contributed by atoms with Crippen molar-refractivity contribution in [3.05, 3.63) is 85.1 Å². The van der Waals surface area contributed by atoms with Gasteiger partial charge in [-0.15, -0.1) is 0 Å². The second-order valence-corrected chi connectivity index (χ2v) is 16.0. The third kappa shape index (κ3) is 45.7. The second kappa shape index (κ2) is 48.3. The summed E-state index contributed by atoms with van der Waals surface area (Å²) >= 11 is 0. The minimum atomic E-state index is -0.793. The van der Waals surface area contributed by atoms with E-state index in [1.807, 2.05) is 0 Å². The molecule has 342 valence electrons. The molecule has 0 aliphatic heterocycles. The zero-order valence-electron chi connectivity index (χ0n) is 38.9. The molecular formula is C54H90O6. The molecule has 0 N–H and O–H groups in total. The molecular weight excluding hydrogens is 745 g/mol. The van der Waals surface area contributed by atoms with E-state index >= 15 is 0 Å². The number of rotatable bonds is 43. The van der Waals surface area contributed by atoms with Gasteiger partial charge in [0.25, 0.3) is 0 Å². The van der Waals surface area contributed by atoms with Gasteiger partial charge in [0.15, 0.2) is 6.10 Å². The Morgan fingerprint density at radius 2 is 0.733 bits per heavy atom. The van der Waals surface area contributed by atoms with E-state index < -0.39 is 6.10 Å². The number of esters is 3. The monoisotopic (exact) mass is 835 g/mol. The molecule has 0 rings (SSSR count). The van der Waals surface area contributed by atoms with Gasteiger partial charge >= 0.3 is 17.9 Å². The molecule has 0 aliphatic rings. The van der Waals surface area contributed by atoms with Gasteiger partial charge in [0.2, 0.25) is 0 Å². The lowest BCUT2D eigenvalue weighted by Crippen LogP contribution is -2.30. The van der Waals surface area contributed by atoms with E-state index in [1.165, 1.54) is 70.6 Å². The number of hydrogen-bond acceptors (Lipinski definition) is 6. The molecule has 0 radical (unpaired) electrons. The van der Waals surface area contributed by atoms with E-state index in [2.05, 4.69) is 106 Å². The lowest BCUT2D eigenvalue weighted by Gasteiger charge is -2.18. The van der Waals surface area contributed by atoms with E-state index in [9.17, 15) is 14.4 Å². The summed E-state index contributed by atoms with van der Waals surface area (Å²) in [6.07, 6.45) is 61.3. The lowest BCUT2D eigenvalue weighted by atomic mass is 10.1. The summed E-state index contributed by atoms with van der Waals surface area (Å²) in [4.78, 5) is 37.9. The van der Waals surface area contributed by atoms with Gasteiger partial charge in [0, 0.05) is 19.3 Å². The minimum Gasteiger partial charge on any atom is -0.462 e. The van der Waals surface area contributed by atoms with Crippen LogP contribution in [0.5, 0.6) is 0 Å². The Labute approximate surface area is 369 Å². The van der Waals surface area contributed by atoms with Crippen LogP contribution in [0.1, 0.15) is 220 Å². The van der Waals surface area contributed by atoms with E-state index in [0.717, 1.165) is 109 Å². The molecule has 6 nitrogen and oxygen atoms in total. The highest BCUT2D eigenvalue weighted by atomic mass is 16.6. The summed E-state index contributed by atoms with van der Waals surface area (Å²) in [6, 6.07) is 0. The highest BCUT2D eigenvalue weighted by Gasteiger charge is 2.19. The van der Waals surface area contributed by atoms with Gasteiger partial charge in [-0.05, 0) is 89.9 Å². The van der Waals surface area contributed by atoms with Crippen LogP contribution >= 0.6 is 0 Å². The zero-order chi connectivity index (χ0) is 43.7. The topological polar surface area (TPSA) is 78.9 Å². The predicted octanol–water partition coefficient (Wildman–Crippen LogP) is 16.0. The Morgan fingerprint density at radius 1 is 0.367 bits per heavy atom. The normalized spacial score (nSPS) is 12.8. The summed E-state index contributed by atoms with van der Waals surface area (Å²) in [5.41, 5.74) is 0. The molecule has 0 fully saturated rings. The molecule has 0 saturated carbocycles. The molecule has 0 amide bonds.